The van der Waals surface area contributed by atoms with Gasteiger partial charge in [-0.2, -0.15) is 0 Å². The molecule has 2 rings (SSSR count). The van der Waals surface area contributed by atoms with Crippen molar-refractivity contribution in [3.63, 3.8) is 0 Å². The van der Waals surface area contributed by atoms with Crippen molar-refractivity contribution in [2.75, 3.05) is 11.5 Å². The Balaban J connectivity index is 2.06. The number of aliphatic hydroxyl groups is 2. The molecule has 1 saturated heterocycles. The second-order valence-electron chi connectivity index (χ2n) is 3.32. The molecule has 0 saturated carbocycles. The zero-order chi connectivity index (χ0) is 10.7. The van der Waals surface area contributed by atoms with Crippen LogP contribution in [0.25, 0.3) is 0 Å². The van der Waals surface area contributed by atoms with E-state index >= 15 is 0 Å². The van der Waals surface area contributed by atoms with Crippen molar-refractivity contribution in [3.05, 3.63) is 30.3 Å². The van der Waals surface area contributed by atoms with E-state index in [0.717, 1.165) is 0 Å². The summed E-state index contributed by atoms with van der Waals surface area (Å²) in [6.07, 6.45) is -1.10. The minimum atomic E-state index is -1.16. The summed E-state index contributed by atoms with van der Waals surface area (Å²) in [4.78, 5) is 0. The number of rotatable bonds is 1. The first-order valence-electron chi connectivity index (χ1n) is 4.74. The molecule has 2 atom stereocenters. The van der Waals surface area contributed by atoms with Gasteiger partial charge < -0.3 is 0 Å². The van der Waals surface area contributed by atoms with Crippen molar-refractivity contribution in [2.45, 2.75) is 12.2 Å². The van der Waals surface area contributed by atoms with Crippen LogP contribution in [0, 0.1) is 0 Å². The van der Waals surface area contributed by atoms with Gasteiger partial charge in [0.05, 0.1) is 0 Å². The topological polar surface area (TPSA) is 40.5 Å². The molecule has 1 aliphatic heterocycles. The molecule has 0 aliphatic carbocycles. The van der Waals surface area contributed by atoms with Gasteiger partial charge in [0.15, 0.2) is 0 Å². The van der Waals surface area contributed by atoms with Gasteiger partial charge in [0.25, 0.3) is 0 Å². The van der Waals surface area contributed by atoms with Crippen molar-refractivity contribution >= 4 is 36.7 Å². The van der Waals surface area contributed by atoms with Gasteiger partial charge in [0.2, 0.25) is 0 Å². The van der Waals surface area contributed by atoms with Crippen molar-refractivity contribution in [1.29, 1.82) is 0 Å². The summed E-state index contributed by atoms with van der Waals surface area (Å²) >= 11 is -1.16. The van der Waals surface area contributed by atoms with Crippen LogP contribution < -0.4 is 4.35 Å². The summed E-state index contributed by atoms with van der Waals surface area (Å²) in [5.41, 5.74) is 0. The van der Waals surface area contributed by atoms with E-state index in [9.17, 15) is 10.2 Å². The first-order chi connectivity index (χ1) is 7.27. The third-order valence-electron chi connectivity index (χ3n) is 2.14. The van der Waals surface area contributed by atoms with Crippen LogP contribution in [0.15, 0.2) is 30.3 Å². The van der Waals surface area contributed by atoms with Gasteiger partial charge in [-0.25, -0.2) is 0 Å². The van der Waals surface area contributed by atoms with Gasteiger partial charge in [-0.1, -0.05) is 0 Å². The standard InChI is InChI=1S/C10H13AsO2S2/c12-9-6-14-11(15-7-10(9)13)8-4-2-1-3-5-8/h1-5,9-10,12-13H,6-7H2/t9-,10-/m1/s1. The van der Waals surface area contributed by atoms with Gasteiger partial charge >= 0.3 is 101 Å². The van der Waals surface area contributed by atoms with Crippen LogP contribution in [0.2, 0.25) is 0 Å². The van der Waals surface area contributed by atoms with Crippen LogP contribution in [-0.4, -0.2) is 46.3 Å². The predicted molar refractivity (Wildman–Crippen MR) is 68.8 cm³/mol. The Morgan fingerprint density at radius 2 is 1.53 bits per heavy atom. The Labute approximate surface area is 101 Å². The SMILES string of the molecule is O[C@@H]1CS[As](c2ccccc2)SC[C@H]1O. The van der Waals surface area contributed by atoms with Crippen LogP contribution >= 0.6 is 20.0 Å². The molecule has 82 valence electrons. The normalized spacial score (nSPS) is 28.7. The number of aliphatic hydroxyl groups excluding tert-OH is 2. The molecule has 0 amide bonds. The van der Waals surface area contributed by atoms with Crippen LogP contribution in [0.3, 0.4) is 0 Å². The summed E-state index contributed by atoms with van der Waals surface area (Å²) in [5.74, 6) is 1.34. The molecular weight excluding hydrogens is 291 g/mol. The molecule has 1 aromatic carbocycles. The van der Waals surface area contributed by atoms with E-state index in [1.165, 1.54) is 4.35 Å². The first kappa shape index (κ1) is 11.9. The van der Waals surface area contributed by atoms with Crippen LogP contribution in [0.4, 0.5) is 0 Å². The molecule has 1 aliphatic rings. The van der Waals surface area contributed by atoms with Crippen LogP contribution in [-0.2, 0) is 0 Å². The minimum absolute atomic E-state index is 0.550. The summed E-state index contributed by atoms with van der Waals surface area (Å²) in [5, 5.41) is 19.1. The Morgan fingerprint density at radius 1 is 1.00 bits per heavy atom. The fourth-order valence-electron chi connectivity index (χ4n) is 1.25. The molecule has 0 aromatic heterocycles. The molecular formula is C10H13AsO2S2. The third-order valence-corrected chi connectivity index (χ3v) is 15.4. The van der Waals surface area contributed by atoms with E-state index in [1.54, 1.807) is 0 Å². The summed E-state index contributed by atoms with van der Waals surface area (Å²) in [7, 11) is 3.70. The number of hydrogen-bond acceptors (Lipinski definition) is 4. The molecule has 2 N–H and O–H groups in total. The Hall–Kier alpha value is 0.398. The molecule has 0 unspecified atom stereocenters. The zero-order valence-electron chi connectivity index (χ0n) is 8.11. The van der Waals surface area contributed by atoms with E-state index in [2.05, 4.69) is 24.3 Å². The summed E-state index contributed by atoms with van der Waals surface area (Å²) in [6.45, 7) is 0. The maximum atomic E-state index is 9.56. The van der Waals surface area contributed by atoms with E-state index < -0.39 is 24.5 Å². The number of hydrogen-bond donors (Lipinski definition) is 2. The van der Waals surface area contributed by atoms with E-state index in [-0.39, 0.29) is 0 Å². The molecule has 2 nitrogen and oxygen atoms in total. The molecule has 1 heterocycles. The molecule has 1 aromatic rings. The van der Waals surface area contributed by atoms with Crippen LogP contribution in [0.5, 0.6) is 0 Å². The first-order valence-corrected chi connectivity index (χ1v) is 12.2. The summed E-state index contributed by atoms with van der Waals surface area (Å²) in [6, 6.07) is 10.5. The second kappa shape index (κ2) is 5.64. The monoisotopic (exact) mass is 304 g/mol. The van der Waals surface area contributed by atoms with E-state index in [1.807, 2.05) is 26.1 Å². The predicted octanol–water partition coefficient (Wildman–Crippen LogP) is 0.584. The fourth-order valence-corrected chi connectivity index (χ4v) is 13.8. The van der Waals surface area contributed by atoms with Gasteiger partial charge in [-0.05, 0) is 0 Å². The average molecular weight is 304 g/mol. The molecule has 0 radical (unpaired) electrons. The fraction of sp³-hybridized carbons (Fsp3) is 0.400. The third kappa shape index (κ3) is 3.18. The Morgan fingerprint density at radius 3 is 2.07 bits per heavy atom. The zero-order valence-corrected chi connectivity index (χ0v) is 11.6. The van der Waals surface area contributed by atoms with Crippen molar-refractivity contribution < 1.29 is 10.2 Å². The van der Waals surface area contributed by atoms with Gasteiger partial charge in [0.1, 0.15) is 0 Å². The van der Waals surface area contributed by atoms with Crippen molar-refractivity contribution in [3.8, 4) is 0 Å². The number of benzene rings is 1. The molecule has 0 bridgehead atoms. The Bertz CT molecular complexity index is 298. The van der Waals surface area contributed by atoms with Crippen molar-refractivity contribution in [2.24, 2.45) is 0 Å². The quantitative estimate of drug-likeness (QED) is 0.745. The van der Waals surface area contributed by atoms with Gasteiger partial charge in [-0.3, -0.25) is 0 Å². The molecule has 15 heavy (non-hydrogen) atoms. The van der Waals surface area contributed by atoms with Gasteiger partial charge in [0, 0.05) is 0 Å². The molecule has 1 fully saturated rings. The van der Waals surface area contributed by atoms with Crippen LogP contribution in [0.1, 0.15) is 0 Å². The van der Waals surface area contributed by atoms with Gasteiger partial charge in [-0.15, -0.1) is 0 Å². The average Bonchev–Trinajstić information content (AvgIpc) is 2.44. The molecule has 5 heteroatoms. The molecule has 0 spiro atoms. The van der Waals surface area contributed by atoms with Crippen molar-refractivity contribution in [1.82, 2.24) is 0 Å². The maximum absolute atomic E-state index is 9.56. The summed E-state index contributed by atoms with van der Waals surface area (Å²) < 4.78 is 1.40. The van der Waals surface area contributed by atoms with E-state index in [0.29, 0.717) is 11.5 Å². The second-order valence-corrected chi connectivity index (χ2v) is 14.9. The Kier molecular flexibility index (Phi) is 4.47. The van der Waals surface area contributed by atoms with E-state index in [4.69, 9.17) is 0 Å².